The maximum absolute atomic E-state index is 11.8. The summed E-state index contributed by atoms with van der Waals surface area (Å²) in [5.74, 6) is -0.455. The third-order valence-corrected chi connectivity index (χ3v) is 4.34. The lowest BCUT2D eigenvalue weighted by Gasteiger charge is -2.13. The first-order valence-corrected chi connectivity index (χ1v) is 7.85. The number of H-pyrrole nitrogens is 1. The largest absolute Gasteiger partial charge is 0.376 e. The maximum atomic E-state index is 11.8. The molecule has 2 heterocycles. The fraction of sp³-hybridized carbons (Fsp3) is 0.667. The topological polar surface area (TPSA) is 118 Å². The first-order chi connectivity index (χ1) is 10.5. The highest BCUT2D eigenvalue weighted by molar-refractivity contribution is 8.00. The molecule has 0 aromatic carbocycles. The first-order valence-electron chi connectivity index (χ1n) is 6.97. The highest BCUT2D eigenvalue weighted by atomic mass is 32.2. The number of hydrogen-bond acceptors (Lipinski definition) is 6. The Labute approximate surface area is 131 Å². The van der Waals surface area contributed by atoms with E-state index < -0.39 is 17.2 Å². The minimum Gasteiger partial charge on any atom is -0.376 e. The summed E-state index contributed by atoms with van der Waals surface area (Å²) < 4.78 is 6.98. The van der Waals surface area contributed by atoms with Crippen LogP contribution >= 0.6 is 11.8 Å². The maximum Gasteiger partial charge on any atom is 0.344 e. The van der Waals surface area contributed by atoms with Crippen molar-refractivity contribution >= 4 is 23.7 Å². The summed E-state index contributed by atoms with van der Waals surface area (Å²) >= 11 is 1.11. The Morgan fingerprint density at radius 3 is 3.00 bits per heavy atom. The van der Waals surface area contributed by atoms with Crippen LogP contribution in [-0.2, 0) is 16.1 Å². The molecule has 22 heavy (non-hydrogen) atoms. The van der Waals surface area contributed by atoms with Crippen LogP contribution in [-0.4, -0.2) is 51.7 Å². The van der Waals surface area contributed by atoms with E-state index in [1.807, 2.05) is 0 Å². The van der Waals surface area contributed by atoms with Crippen LogP contribution in [0.25, 0.3) is 0 Å². The Balaban J connectivity index is 2.01. The number of nitrogens with one attached hydrogen (secondary N) is 3. The van der Waals surface area contributed by atoms with Crippen molar-refractivity contribution in [3.8, 4) is 0 Å². The number of amides is 3. The molecule has 1 fully saturated rings. The van der Waals surface area contributed by atoms with Gasteiger partial charge in [0.1, 0.15) is 0 Å². The summed E-state index contributed by atoms with van der Waals surface area (Å²) in [5.41, 5.74) is -0.336. The molecule has 2 atom stereocenters. The summed E-state index contributed by atoms with van der Waals surface area (Å²) in [6, 6.07) is -0.573. The molecular formula is C12H19N5O4S. The van der Waals surface area contributed by atoms with E-state index in [-0.39, 0.29) is 11.8 Å². The summed E-state index contributed by atoms with van der Waals surface area (Å²) in [5, 5.41) is 10.6. The van der Waals surface area contributed by atoms with Crippen molar-refractivity contribution in [3.63, 3.8) is 0 Å². The molecule has 122 valence electrons. The number of ether oxygens (including phenoxy) is 1. The van der Waals surface area contributed by atoms with E-state index in [2.05, 4.69) is 20.8 Å². The minimum atomic E-state index is -0.573. The summed E-state index contributed by atoms with van der Waals surface area (Å²) in [7, 11) is 1.42. The van der Waals surface area contributed by atoms with Gasteiger partial charge in [-0.1, -0.05) is 11.8 Å². The summed E-state index contributed by atoms with van der Waals surface area (Å²) in [6.45, 7) is 2.74. The number of urea groups is 1. The summed E-state index contributed by atoms with van der Waals surface area (Å²) in [6.07, 6.45) is 1.86. The Morgan fingerprint density at radius 1 is 1.59 bits per heavy atom. The van der Waals surface area contributed by atoms with Crippen LogP contribution in [0.2, 0.25) is 0 Å². The zero-order valence-corrected chi connectivity index (χ0v) is 13.2. The molecule has 0 bridgehead atoms. The number of nitrogens with zero attached hydrogens (tertiary/aromatic N) is 2. The lowest BCUT2D eigenvalue weighted by Crippen LogP contribution is -2.41. The van der Waals surface area contributed by atoms with E-state index in [4.69, 9.17) is 4.74 Å². The van der Waals surface area contributed by atoms with Crippen LogP contribution in [0.3, 0.4) is 0 Å². The van der Waals surface area contributed by atoms with E-state index in [1.54, 1.807) is 6.92 Å². The van der Waals surface area contributed by atoms with Gasteiger partial charge in [-0.05, 0) is 19.8 Å². The predicted molar refractivity (Wildman–Crippen MR) is 79.7 cm³/mol. The molecule has 10 heteroatoms. The van der Waals surface area contributed by atoms with E-state index in [1.165, 1.54) is 11.6 Å². The quantitative estimate of drug-likeness (QED) is 0.638. The normalized spacial score (nSPS) is 18.9. The number of hydrogen-bond donors (Lipinski definition) is 3. The van der Waals surface area contributed by atoms with Crippen molar-refractivity contribution in [2.24, 2.45) is 0 Å². The van der Waals surface area contributed by atoms with Gasteiger partial charge < -0.3 is 10.1 Å². The molecule has 0 saturated carbocycles. The number of aromatic nitrogens is 3. The molecule has 0 spiro atoms. The van der Waals surface area contributed by atoms with Crippen molar-refractivity contribution in [1.82, 2.24) is 25.4 Å². The van der Waals surface area contributed by atoms with Crippen LogP contribution < -0.4 is 16.3 Å². The zero-order valence-electron chi connectivity index (χ0n) is 12.4. The second-order valence-corrected chi connectivity index (χ2v) is 6.19. The van der Waals surface area contributed by atoms with E-state index >= 15 is 0 Å². The van der Waals surface area contributed by atoms with Gasteiger partial charge in [-0.2, -0.15) is 0 Å². The van der Waals surface area contributed by atoms with Crippen molar-refractivity contribution in [3.05, 3.63) is 10.5 Å². The smallest absolute Gasteiger partial charge is 0.344 e. The van der Waals surface area contributed by atoms with Gasteiger partial charge in [0.25, 0.3) is 0 Å². The van der Waals surface area contributed by atoms with Crippen molar-refractivity contribution in [2.75, 3.05) is 13.7 Å². The fourth-order valence-electron chi connectivity index (χ4n) is 2.03. The molecule has 9 nitrogen and oxygen atoms in total. The number of carbonyl (C=O) groups is 2. The molecule has 0 radical (unpaired) electrons. The predicted octanol–water partition coefficient (Wildman–Crippen LogP) is -0.313. The average molecular weight is 329 g/mol. The SMILES string of the molecule is CNC(=O)NC(=O)[C@H](C)Sc1n[nH]c(=O)n1C[C@H]1CCCO1. The number of rotatable bonds is 5. The second kappa shape index (κ2) is 7.45. The Bertz CT molecular complexity index is 593. The fourth-order valence-corrected chi connectivity index (χ4v) is 2.90. The van der Waals surface area contributed by atoms with Gasteiger partial charge in [0, 0.05) is 13.7 Å². The average Bonchev–Trinajstić information content (AvgIpc) is 3.12. The van der Waals surface area contributed by atoms with Gasteiger partial charge in [0.2, 0.25) is 5.91 Å². The van der Waals surface area contributed by atoms with Gasteiger partial charge in [-0.15, -0.1) is 5.10 Å². The number of carbonyl (C=O) groups excluding carboxylic acids is 2. The number of thioether (sulfide) groups is 1. The number of imide groups is 1. The number of aromatic amines is 1. The molecule has 1 aromatic rings. The van der Waals surface area contributed by atoms with Crippen LogP contribution in [0.15, 0.2) is 9.95 Å². The van der Waals surface area contributed by atoms with Gasteiger partial charge in [-0.3, -0.25) is 14.7 Å². The van der Waals surface area contributed by atoms with Crippen LogP contribution in [0.4, 0.5) is 4.79 Å². The van der Waals surface area contributed by atoms with E-state index in [9.17, 15) is 14.4 Å². The highest BCUT2D eigenvalue weighted by Crippen LogP contribution is 2.21. The van der Waals surface area contributed by atoms with Gasteiger partial charge in [-0.25, -0.2) is 14.7 Å². The van der Waals surface area contributed by atoms with Crippen LogP contribution in [0, 0.1) is 0 Å². The van der Waals surface area contributed by atoms with Crippen molar-refractivity contribution in [2.45, 2.75) is 42.8 Å². The Morgan fingerprint density at radius 2 is 2.36 bits per heavy atom. The molecule has 1 aromatic heterocycles. The third-order valence-electron chi connectivity index (χ3n) is 3.25. The van der Waals surface area contributed by atoms with Gasteiger partial charge >= 0.3 is 11.7 Å². The molecule has 0 aliphatic carbocycles. The Kier molecular flexibility index (Phi) is 5.61. The van der Waals surface area contributed by atoms with Gasteiger partial charge in [0.15, 0.2) is 5.16 Å². The molecule has 1 aliphatic rings. The molecule has 2 rings (SSSR count). The van der Waals surface area contributed by atoms with E-state index in [0.29, 0.717) is 18.3 Å². The van der Waals surface area contributed by atoms with Gasteiger partial charge in [0.05, 0.1) is 17.9 Å². The van der Waals surface area contributed by atoms with Crippen LogP contribution in [0.1, 0.15) is 19.8 Å². The second-order valence-electron chi connectivity index (χ2n) is 4.89. The lowest BCUT2D eigenvalue weighted by atomic mass is 10.2. The lowest BCUT2D eigenvalue weighted by molar-refractivity contribution is -0.119. The molecule has 1 saturated heterocycles. The molecule has 3 N–H and O–H groups in total. The standard InChI is InChI=1S/C12H19N5O4S/c1-7(9(18)14-10(19)13-2)22-12-16-15-11(20)17(12)6-8-4-3-5-21-8/h7-8H,3-6H2,1-2H3,(H,15,20)(H2,13,14,18,19)/t7-,8+/m0/s1. The van der Waals surface area contributed by atoms with Crippen molar-refractivity contribution < 1.29 is 14.3 Å². The zero-order chi connectivity index (χ0) is 16.1. The van der Waals surface area contributed by atoms with Crippen molar-refractivity contribution in [1.29, 1.82) is 0 Å². The Hall–Kier alpha value is -1.81. The minimum absolute atomic E-state index is 0.00958. The third kappa shape index (κ3) is 4.10. The van der Waals surface area contributed by atoms with Crippen LogP contribution in [0.5, 0.6) is 0 Å². The molecule has 0 unspecified atom stereocenters. The molecule has 3 amide bonds. The first kappa shape index (κ1) is 16.6. The van der Waals surface area contributed by atoms with E-state index in [0.717, 1.165) is 24.6 Å². The molecular weight excluding hydrogens is 310 g/mol. The highest BCUT2D eigenvalue weighted by Gasteiger charge is 2.23. The monoisotopic (exact) mass is 329 g/mol. The summed E-state index contributed by atoms with van der Waals surface area (Å²) in [4.78, 5) is 34.8. The molecule has 1 aliphatic heterocycles.